The molecule has 1 aromatic rings. The lowest BCUT2D eigenvalue weighted by molar-refractivity contribution is 0.277. The van der Waals surface area contributed by atoms with Crippen molar-refractivity contribution in [2.24, 2.45) is 0 Å². The fraction of sp³-hybridized carbons (Fsp3) is 0.714. The molecule has 0 aromatic carbocycles. The predicted octanol–water partition coefficient (Wildman–Crippen LogP) is 2.13. The van der Waals surface area contributed by atoms with E-state index in [0.29, 0.717) is 25.6 Å². The molecule has 0 bridgehead atoms. The first-order chi connectivity index (χ1) is 9.53. The van der Waals surface area contributed by atoms with E-state index in [2.05, 4.69) is 12.2 Å². The van der Waals surface area contributed by atoms with Crippen molar-refractivity contribution in [3.8, 4) is 0 Å². The molecule has 0 radical (unpaired) electrons. The number of nitrogens with zero attached hydrogens (tertiary/aromatic N) is 1. The fourth-order valence-electron chi connectivity index (χ4n) is 2.66. The second-order valence-electron chi connectivity index (χ2n) is 5.43. The highest BCUT2D eigenvalue weighted by molar-refractivity contribution is 7.89. The average molecular weight is 300 g/mol. The first kappa shape index (κ1) is 15.5. The Kier molecular flexibility index (Phi) is 5.23. The van der Waals surface area contributed by atoms with Crippen molar-refractivity contribution in [2.45, 2.75) is 45.2 Å². The van der Waals surface area contributed by atoms with Gasteiger partial charge in [0.05, 0.1) is 18.3 Å². The number of hydrogen-bond acceptors (Lipinski definition) is 4. The van der Waals surface area contributed by atoms with Crippen molar-refractivity contribution in [1.82, 2.24) is 9.62 Å². The van der Waals surface area contributed by atoms with Gasteiger partial charge >= 0.3 is 0 Å². The minimum absolute atomic E-state index is 0.234. The van der Waals surface area contributed by atoms with Crippen LogP contribution in [0, 0.1) is 0 Å². The van der Waals surface area contributed by atoms with Gasteiger partial charge in [-0.15, -0.1) is 0 Å². The zero-order valence-corrected chi connectivity index (χ0v) is 13.0. The second kappa shape index (κ2) is 6.74. The highest BCUT2D eigenvalue weighted by Crippen LogP contribution is 2.19. The zero-order chi connectivity index (χ0) is 14.6. The van der Waals surface area contributed by atoms with Gasteiger partial charge in [-0.3, -0.25) is 0 Å². The van der Waals surface area contributed by atoms with Crippen LogP contribution in [-0.2, 0) is 10.0 Å². The molecule has 1 unspecified atom stereocenters. The van der Waals surface area contributed by atoms with Gasteiger partial charge in [0.1, 0.15) is 0 Å². The lowest BCUT2D eigenvalue weighted by atomic mass is 10.0. The average Bonchev–Trinajstić information content (AvgIpc) is 2.93. The molecule has 2 rings (SSSR count). The normalized spacial score (nSPS) is 20.1. The van der Waals surface area contributed by atoms with E-state index in [9.17, 15) is 8.42 Å². The van der Waals surface area contributed by atoms with E-state index < -0.39 is 10.0 Å². The monoisotopic (exact) mass is 300 g/mol. The van der Waals surface area contributed by atoms with Crippen molar-refractivity contribution >= 4 is 10.0 Å². The largest absolute Gasteiger partial charge is 0.472 e. The highest BCUT2D eigenvalue weighted by atomic mass is 32.2. The third-order valence-electron chi connectivity index (χ3n) is 3.84. The zero-order valence-electron chi connectivity index (χ0n) is 12.2. The molecular formula is C14H24N2O3S. The van der Waals surface area contributed by atoms with Crippen LogP contribution in [0.1, 0.15) is 44.7 Å². The Bertz CT molecular complexity index is 490. The molecule has 1 aliphatic heterocycles. The number of furan rings is 1. The second-order valence-corrected chi connectivity index (χ2v) is 7.52. The summed E-state index contributed by atoms with van der Waals surface area (Å²) in [6, 6.07) is 2.56. The van der Waals surface area contributed by atoms with Gasteiger partial charge in [-0.1, -0.05) is 6.92 Å². The van der Waals surface area contributed by atoms with E-state index in [4.69, 9.17) is 4.42 Å². The van der Waals surface area contributed by atoms with E-state index in [0.717, 1.165) is 18.4 Å². The van der Waals surface area contributed by atoms with Crippen molar-refractivity contribution in [3.63, 3.8) is 0 Å². The first-order valence-corrected chi connectivity index (χ1v) is 8.90. The standard InChI is InChI=1S/C14H24N2O3S/c1-3-10-20(17,18)16-7-4-14(5-8-16)15-12(2)13-6-9-19-11-13/h6,9,11-12,14-15H,3-5,7-8,10H2,1-2H3. The summed E-state index contributed by atoms with van der Waals surface area (Å²) in [5, 5.41) is 3.54. The first-order valence-electron chi connectivity index (χ1n) is 7.29. The van der Waals surface area contributed by atoms with Crippen molar-refractivity contribution in [2.75, 3.05) is 18.8 Å². The van der Waals surface area contributed by atoms with Crippen LogP contribution in [0.3, 0.4) is 0 Å². The molecule has 1 aliphatic rings. The van der Waals surface area contributed by atoms with Crippen LogP contribution in [0.25, 0.3) is 0 Å². The summed E-state index contributed by atoms with van der Waals surface area (Å²) < 4.78 is 30.7. The topological polar surface area (TPSA) is 62.6 Å². The van der Waals surface area contributed by atoms with Gasteiger partial charge in [-0.2, -0.15) is 0 Å². The van der Waals surface area contributed by atoms with Gasteiger partial charge in [-0.05, 0) is 32.3 Å². The third kappa shape index (κ3) is 3.84. The molecule has 20 heavy (non-hydrogen) atoms. The third-order valence-corrected chi connectivity index (χ3v) is 5.91. The van der Waals surface area contributed by atoms with Gasteiger partial charge in [0.25, 0.3) is 0 Å². The van der Waals surface area contributed by atoms with E-state index >= 15 is 0 Å². The molecule has 6 heteroatoms. The van der Waals surface area contributed by atoms with Crippen LogP contribution in [0.5, 0.6) is 0 Å². The SMILES string of the molecule is CCCS(=O)(=O)N1CCC(NC(C)c2ccoc2)CC1. The van der Waals surface area contributed by atoms with E-state index in [1.165, 1.54) is 0 Å². The number of nitrogens with one attached hydrogen (secondary N) is 1. The molecule has 0 aliphatic carbocycles. The minimum atomic E-state index is -3.04. The molecule has 0 amide bonds. The maximum absolute atomic E-state index is 12.0. The number of sulfonamides is 1. The Balaban J connectivity index is 1.83. The molecule has 1 fully saturated rings. The van der Waals surface area contributed by atoms with E-state index in [1.807, 2.05) is 13.0 Å². The smallest absolute Gasteiger partial charge is 0.214 e. The van der Waals surface area contributed by atoms with E-state index in [1.54, 1.807) is 16.8 Å². The molecule has 1 N–H and O–H groups in total. The van der Waals surface area contributed by atoms with Crippen molar-refractivity contribution in [3.05, 3.63) is 24.2 Å². The summed E-state index contributed by atoms with van der Waals surface area (Å²) >= 11 is 0. The lowest BCUT2D eigenvalue weighted by Gasteiger charge is -2.33. The van der Waals surface area contributed by atoms with Crippen molar-refractivity contribution in [1.29, 1.82) is 0 Å². The summed E-state index contributed by atoms with van der Waals surface area (Å²) in [7, 11) is -3.04. The summed E-state index contributed by atoms with van der Waals surface area (Å²) in [5.41, 5.74) is 1.13. The molecular weight excluding hydrogens is 276 g/mol. The van der Waals surface area contributed by atoms with Crippen LogP contribution >= 0.6 is 0 Å². The summed E-state index contributed by atoms with van der Waals surface area (Å²) in [6.07, 6.45) is 5.83. The van der Waals surface area contributed by atoms with Gasteiger partial charge in [0.15, 0.2) is 0 Å². The fourth-order valence-corrected chi connectivity index (χ4v) is 4.20. The van der Waals surface area contributed by atoms with Crippen LogP contribution in [-0.4, -0.2) is 37.6 Å². The Labute approximate surface area is 121 Å². The Morgan fingerprint density at radius 1 is 1.45 bits per heavy atom. The van der Waals surface area contributed by atoms with Crippen molar-refractivity contribution < 1.29 is 12.8 Å². The lowest BCUT2D eigenvalue weighted by Crippen LogP contribution is -2.46. The Hall–Kier alpha value is -0.850. The molecule has 1 aromatic heterocycles. The maximum atomic E-state index is 12.0. The Morgan fingerprint density at radius 2 is 2.15 bits per heavy atom. The molecule has 5 nitrogen and oxygen atoms in total. The number of piperidine rings is 1. The van der Waals surface area contributed by atoms with Crippen LogP contribution < -0.4 is 5.32 Å². The van der Waals surface area contributed by atoms with Gasteiger partial charge < -0.3 is 9.73 Å². The van der Waals surface area contributed by atoms with Crippen LogP contribution in [0.2, 0.25) is 0 Å². The van der Waals surface area contributed by atoms with Gasteiger partial charge in [0.2, 0.25) is 10.0 Å². The van der Waals surface area contributed by atoms with Gasteiger partial charge in [-0.25, -0.2) is 12.7 Å². The molecule has 1 saturated heterocycles. The molecule has 2 heterocycles. The predicted molar refractivity (Wildman–Crippen MR) is 78.9 cm³/mol. The van der Waals surface area contributed by atoms with Crippen LogP contribution in [0.4, 0.5) is 0 Å². The Morgan fingerprint density at radius 3 is 2.70 bits per heavy atom. The summed E-state index contributed by atoms with van der Waals surface area (Å²) in [6.45, 7) is 5.25. The quantitative estimate of drug-likeness (QED) is 0.874. The molecule has 0 spiro atoms. The maximum Gasteiger partial charge on any atom is 0.214 e. The minimum Gasteiger partial charge on any atom is -0.472 e. The van der Waals surface area contributed by atoms with E-state index in [-0.39, 0.29) is 11.8 Å². The summed E-state index contributed by atoms with van der Waals surface area (Å²) in [5.74, 6) is 0.260. The molecule has 114 valence electrons. The highest BCUT2D eigenvalue weighted by Gasteiger charge is 2.27. The molecule has 0 saturated carbocycles. The molecule has 1 atom stereocenters. The van der Waals surface area contributed by atoms with Gasteiger partial charge in [0, 0.05) is 30.7 Å². The number of rotatable bonds is 6. The summed E-state index contributed by atoms with van der Waals surface area (Å²) in [4.78, 5) is 0. The number of hydrogen-bond donors (Lipinski definition) is 1. The van der Waals surface area contributed by atoms with Crippen LogP contribution in [0.15, 0.2) is 23.0 Å².